The SMILES string of the molecule is NC(=O)c1c(-c2cccc(Cl)c2)nn2c1CN(C(=O)Cc1cc(F)cc(F)c1)CC2. The highest BCUT2D eigenvalue weighted by Gasteiger charge is 2.29. The Kier molecular flexibility index (Phi) is 5.26. The molecular formula is C21H17ClF2N4O2. The molecule has 0 spiro atoms. The smallest absolute Gasteiger partial charge is 0.252 e. The Balaban J connectivity index is 1.63. The number of hydrogen-bond donors (Lipinski definition) is 1. The molecule has 9 heteroatoms. The van der Waals surface area contributed by atoms with Gasteiger partial charge >= 0.3 is 0 Å². The first-order valence-electron chi connectivity index (χ1n) is 9.20. The van der Waals surface area contributed by atoms with Gasteiger partial charge in [-0.05, 0) is 29.8 Å². The van der Waals surface area contributed by atoms with Gasteiger partial charge in [0.25, 0.3) is 5.91 Å². The van der Waals surface area contributed by atoms with Crippen molar-refractivity contribution in [2.24, 2.45) is 5.73 Å². The molecular weight excluding hydrogens is 414 g/mol. The number of rotatable bonds is 4. The van der Waals surface area contributed by atoms with Gasteiger partial charge < -0.3 is 10.6 Å². The molecule has 2 heterocycles. The zero-order valence-corrected chi connectivity index (χ0v) is 16.5. The Labute approximate surface area is 175 Å². The molecule has 0 aliphatic carbocycles. The summed E-state index contributed by atoms with van der Waals surface area (Å²) in [5.74, 6) is -2.45. The van der Waals surface area contributed by atoms with Gasteiger partial charge in [0.2, 0.25) is 5.91 Å². The minimum atomic E-state index is -0.739. The Hall–Kier alpha value is -3.26. The number of aromatic nitrogens is 2. The number of carbonyl (C=O) groups excluding carboxylic acids is 2. The average molecular weight is 431 g/mol. The zero-order chi connectivity index (χ0) is 21.4. The van der Waals surface area contributed by atoms with Gasteiger partial charge in [-0.25, -0.2) is 8.78 Å². The minimum Gasteiger partial charge on any atom is -0.365 e. The van der Waals surface area contributed by atoms with Crippen molar-refractivity contribution in [3.63, 3.8) is 0 Å². The summed E-state index contributed by atoms with van der Waals surface area (Å²) in [6.07, 6.45) is -0.157. The van der Waals surface area contributed by atoms with Crippen molar-refractivity contribution >= 4 is 23.4 Å². The Morgan fingerprint density at radius 1 is 1.10 bits per heavy atom. The maximum atomic E-state index is 13.4. The van der Waals surface area contributed by atoms with Gasteiger partial charge in [0.1, 0.15) is 17.3 Å². The lowest BCUT2D eigenvalue weighted by Gasteiger charge is -2.28. The fourth-order valence-corrected chi connectivity index (χ4v) is 3.82. The van der Waals surface area contributed by atoms with Crippen molar-refractivity contribution in [2.45, 2.75) is 19.5 Å². The van der Waals surface area contributed by atoms with E-state index in [4.69, 9.17) is 17.3 Å². The van der Waals surface area contributed by atoms with Crippen LogP contribution in [-0.2, 0) is 24.3 Å². The van der Waals surface area contributed by atoms with E-state index in [0.717, 1.165) is 18.2 Å². The molecule has 0 radical (unpaired) electrons. The van der Waals surface area contributed by atoms with Crippen LogP contribution in [0.25, 0.3) is 11.3 Å². The third-order valence-corrected chi connectivity index (χ3v) is 5.19. The van der Waals surface area contributed by atoms with Gasteiger partial charge in [0, 0.05) is 23.2 Å². The maximum absolute atomic E-state index is 13.4. The van der Waals surface area contributed by atoms with Crippen molar-refractivity contribution < 1.29 is 18.4 Å². The molecule has 2 N–H and O–H groups in total. The average Bonchev–Trinajstić information content (AvgIpc) is 3.06. The second-order valence-corrected chi connectivity index (χ2v) is 7.47. The second-order valence-electron chi connectivity index (χ2n) is 7.04. The molecule has 2 aromatic carbocycles. The monoisotopic (exact) mass is 430 g/mol. The van der Waals surface area contributed by atoms with E-state index in [0.29, 0.717) is 35.1 Å². The third-order valence-electron chi connectivity index (χ3n) is 4.95. The normalized spacial score (nSPS) is 13.2. The third kappa shape index (κ3) is 3.91. The van der Waals surface area contributed by atoms with Crippen molar-refractivity contribution in [3.8, 4) is 11.3 Å². The van der Waals surface area contributed by atoms with E-state index in [1.54, 1.807) is 28.9 Å². The van der Waals surface area contributed by atoms with Crippen molar-refractivity contribution in [3.05, 3.63) is 75.9 Å². The summed E-state index contributed by atoms with van der Waals surface area (Å²) in [6, 6.07) is 9.92. The van der Waals surface area contributed by atoms with E-state index in [9.17, 15) is 18.4 Å². The molecule has 0 bridgehead atoms. The van der Waals surface area contributed by atoms with Crippen LogP contribution in [0.2, 0.25) is 5.02 Å². The minimum absolute atomic E-state index is 0.114. The highest BCUT2D eigenvalue weighted by molar-refractivity contribution is 6.30. The standard InChI is InChI=1S/C21H17ClF2N4O2/c22-14-3-1-2-13(9-14)20-19(21(25)30)17-11-27(4-5-28(17)26-20)18(29)8-12-6-15(23)10-16(24)7-12/h1-3,6-7,9-10H,4-5,8,11H2,(H2,25,30). The largest absolute Gasteiger partial charge is 0.365 e. The number of benzene rings is 2. The molecule has 1 aliphatic heterocycles. The van der Waals surface area contributed by atoms with Crippen molar-refractivity contribution in [1.82, 2.24) is 14.7 Å². The number of nitrogens with zero attached hydrogens (tertiary/aromatic N) is 3. The first-order valence-corrected chi connectivity index (χ1v) is 9.58. The summed E-state index contributed by atoms with van der Waals surface area (Å²) >= 11 is 6.06. The number of halogens is 3. The highest BCUT2D eigenvalue weighted by Crippen LogP contribution is 2.29. The first kappa shape index (κ1) is 20.0. The summed E-state index contributed by atoms with van der Waals surface area (Å²) in [7, 11) is 0. The molecule has 3 aromatic rings. The highest BCUT2D eigenvalue weighted by atomic mass is 35.5. The van der Waals surface area contributed by atoms with Crippen molar-refractivity contribution in [1.29, 1.82) is 0 Å². The molecule has 30 heavy (non-hydrogen) atoms. The number of amides is 2. The van der Waals surface area contributed by atoms with E-state index in [1.807, 2.05) is 0 Å². The lowest BCUT2D eigenvalue weighted by Crippen LogP contribution is -2.40. The Morgan fingerprint density at radius 2 is 1.83 bits per heavy atom. The molecule has 6 nitrogen and oxygen atoms in total. The van der Waals surface area contributed by atoms with Crippen LogP contribution in [0.1, 0.15) is 21.6 Å². The van der Waals surface area contributed by atoms with Gasteiger partial charge in [-0.1, -0.05) is 23.7 Å². The van der Waals surface area contributed by atoms with Gasteiger partial charge in [-0.15, -0.1) is 0 Å². The van der Waals surface area contributed by atoms with Gasteiger partial charge in [-0.3, -0.25) is 14.3 Å². The topological polar surface area (TPSA) is 81.2 Å². The zero-order valence-electron chi connectivity index (χ0n) is 15.7. The predicted molar refractivity (Wildman–Crippen MR) is 107 cm³/mol. The molecule has 1 aliphatic rings. The number of hydrogen-bond acceptors (Lipinski definition) is 3. The summed E-state index contributed by atoms with van der Waals surface area (Å²) in [5, 5.41) is 5.00. The van der Waals surface area contributed by atoms with Crippen LogP contribution in [-0.4, -0.2) is 33.0 Å². The van der Waals surface area contributed by atoms with Gasteiger partial charge in [0.05, 0.1) is 30.8 Å². The van der Waals surface area contributed by atoms with E-state index in [2.05, 4.69) is 5.10 Å². The number of carbonyl (C=O) groups is 2. The molecule has 2 amide bonds. The van der Waals surface area contributed by atoms with Gasteiger partial charge in [-0.2, -0.15) is 5.10 Å². The molecule has 1 aromatic heterocycles. The van der Waals surface area contributed by atoms with Crippen molar-refractivity contribution in [2.75, 3.05) is 6.54 Å². The lowest BCUT2D eigenvalue weighted by molar-refractivity contribution is -0.132. The number of primary amides is 1. The summed E-state index contributed by atoms with van der Waals surface area (Å²) in [5.41, 5.74) is 7.66. The molecule has 0 saturated carbocycles. The number of fused-ring (bicyclic) bond motifs is 1. The lowest BCUT2D eigenvalue weighted by atomic mass is 10.0. The van der Waals surface area contributed by atoms with Crippen LogP contribution >= 0.6 is 11.6 Å². The van der Waals surface area contributed by atoms with E-state index < -0.39 is 17.5 Å². The summed E-state index contributed by atoms with van der Waals surface area (Å²) in [6.45, 7) is 0.820. The molecule has 0 fully saturated rings. The Bertz CT molecular complexity index is 1140. The fraction of sp³-hybridized carbons (Fsp3) is 0.190. The molecule has 0 saturated heterocycles. The van der Waals surface area contributed by atoms with Crippen LogP contribution in [0, 0.1) is 11.6 Å². The predicted octanol–water partition coefficient (Wildman–Crippen LogP) is 3.17. The molecule has 0 unspecified atom stereocenters. The van der Waals surface area contributed by atoms with Crippen LogP contribution in [0.3, 0.4) is 0 Å². The summed E-state index contributed by atoms with van der Waals surface area (Å²) < 4.78 is 28.5. The van der Waals surface area contributed by atoms with Crippen LogP contribution in [0.4, 0.5) is 8.78 Å². The maximum Gasteiger partial charge on any atom is 0.252 e. The van der Waals surface area contributed by atoms with Crippen LogP contribution in [0.15, 0.2) is 42.5 Å². The quantitative estimate of drug-likeness (QED) is 0.690. The molecule has 4 rings (SSSR count). The van der Waals surface area contributed by atoms with Crippen LogP contribution < -0.4 is 5.73 Å². The van der Waals surface area contributed by atoms with E-state index in [-0.39, 0.29) is 30.0 Å². The van der Waals surface area contributed by atoms with Crippen LogP contribution in [0.5, 0.6) is 0 Å². The van der Waals surface area contributed by atoms with Gasteiger partial charge in [0.15, 0.2) is 0 Å². The van der Waals surface area contributed by atoms with E-state index >= 15 is 0 Å². The number of nitrogens with two attached hydrogens (primary N) is 1. The fourth-order valence-electron chi connectivity index (χ4n) is 3.63. The first-order chi connectivity index (χ1) is 14.3. The summed E-state index contributed by atoms with van der Waals surface area (Å²) in [4.78, 5) is 26.4. The Morgan fingerprint density at radius 3 is 2.50 bits per heavy atom. The van der Waals surface area contributed by atoms with E-state index in [1.165, 1.54) is 4.90 Å². The molecule has 0 atom stereocenters. The molecule has 154 valence electrons. The second kappa shape index (κ2) is 7.87.